The van der Waals surface area contributed by atoms with Gasteiger partial charge in [-0.25, -0.2) is 4.98 Å². The smallest absolute Gasteiger partial charge is 0.267 e. The Kier molecular flexibility index (Phi) is 6.16. The van der Waals surface area contributed by atoms with E-state index >= 15 is 0 Å². The molecule has 0 spiro atoms. The lowest BCUT2D eigenvalue weighted by atomic mass is 10.2. The summed E-state index contributed by atoms with van der Waals surface area (Å²) in [5.74, 6) is -0.745. The maximum absolute atomic E-state index is 13.6. The van der Waals surface area contributed by atoms with Gasteiger partial charge in [0.25, 0.3) is 5.56 Å². The van der Waals surface area contributed by atoms with E-state index in [0.29, 0.717) is 37.3 Å². The van der Waals surface area contributed by atoms with Crippen LogP contribution in [0.15, 0.2) is 58.5 Å². The summed E-state index contributed by atoms with van der Waals surface area (Å²) in [6, 6.07) is 13.3. The number of benzene rings is 2. The third-order valence-corrected chi connectivity index (χ3v) is 7.95. The molecule has 2 heterocycles. The van der Waals surface area contributed by atoms with E-state index in [-0.39, 0.29) is 17.2 Å². The molecule has 3 N–H and O–H groups in total. The summed E-state index contributed by atoms with van der Waals surface area (Å²) in [6.07, 6.45) is 2.90. The zero-order chi connectivity index (χ0) is 23.8. The summed E-state index contributed by atoms with van der Waals surface area (Å²) in [5, 5.41) is 4.47. The molecule has 0 unspecified atom stereocenters. The van der Waals surface area contributed by atoms with Gasteiger partial charge in [-0.05, 0) is 73.4 Å². The Hall–Kier alpha value is -3.14. The first-order valence-corrected chi connectivity index (χ1v) is 12.7. The number of nitrogens with zero attached hydrogens (tertiary/aromatic N) is 2. The van der Waals surface area contributed by atoms with Crippen LogP contribution in [-0.4, -0.2) is 27.1 Å². The van der Waals surface area contributed by atoms with Crippen molar-refractivity contribution in [3.05, 3.63) is 79.9 Å². The Morgan fingerprint density at radius 2 is 1.85 bits per heavy atom. The van der Waals surface area contributed by atoms with E-state index in [4.69, 9.17) is 22.3 Å². The molecule has 0 bridgehead atoms. The lowest BCUT2D eigenvalue weighted by Crippen LogP contribution is -2.23. The fraction of sp³-hybridized carbons (Fsp3) is 0.167. The van der Waals surface area contributed by atoms with E-state index in [2.05, 4.69) is 5.32 Å². The highest BCUT2D eigenvalue weighted by molar-refractivity contribution is 7.99. The van der Waals surface area contributed by atoms with Gasteiger partial charge in [0.15, 0.2) is 5.16 Å². The van der Waals surface area contributed by atoms with Gasteiger partial charge in [0.1, 0.15) is 4.83 Å². The van der Waals surface area contributed by atoms with Crippen molar-refractivity contribution in [2.75, 3.05) is 11.1 Å². The first kappa shape index (κ1) is 22.6. The molecule has 0 atom stereocenters. The van der Waals surface area contributed by atoms with Gasteiger partial charge >= 0.3 is 0 Å². The average molecular weight is 511 g/mol. The SMILES string of the molecule is NC(=O)c1ccc(NC(=O)CSc2nc3sc4c(c3c(=O)n2-c2ccc(Cl)cc2)CCC4)cc1. The second-order valence-corrected chi connectivity index (χ2v) is 10.3. The molecular formula is C24H19ClN4O3S2. The lowest BCUT2D eigenvalue weighted by molar-refractivity contribution is -0.113. The Morgan fingerprint density at radius 1 is 1.12 bits per heavy atom. The van der Waals surface area contributed by atoms with Crippen LogP contribution in [-0.2, 0) is 17.6 Å². The Morgan fingerprint density at radius 3 is 2.56 bits per heavy atom. The number of aryl methyl sites for hydroxylation is 2. The standard InChI is InChI=1S/C24H19ClN4O3S2/c25-14-6-10-16(11-7-14)29-23(32)20-17-2-1-3-18(17)34-22(20)28-24(29)33-12-19(30)27-15-8-4-13(5-9-15)21(26)31/h4-11H,1-3,12H2,(H2,26,31)(H,27,30). The first-order valence-electron chi connectivity index (χ1n) is 10.6. The largest absolute Gasteiger partial charge is 0.366 e. The minimum Gasteiger partial charge on any atom is -0.366 e. The van der Waals surface area contributed by atoms with E-state index in [1.54, 1.807) is 64.4 Å². The summed E-state index contributed by atoms with van der Waals surface area (Å²) in [7, 11) is 0. The number of anilines is 1. The minimum absolute atomic E-state index is 0.0498. The van der Waals surface area contributed by atoms with Crippen molar-refractivity contribution in [3.63, 3.8) is 0 Å². The van der Waals surface area contributed by atoms with Crippen LogP contribution in [0, 0.1) is 0 Å². The highest BCUT2D eigenvalue weighted by Gasteiger charge is 2.24. The second-order valence-electron chi connectivity index (χ2n) is 7.83. The molecule has 2 aromatic carbocycles. The number of hydrogen-bond acceptors (Lipinski definition) is 6. The maximum atomic E-state index is 13.6. The van der Waals surface area contributed by atoms with Gasteiger partial charge in [-0.1, -0.05) is 23.4 Å². The molecule has 5 rings (SSSR count). The number of nitrogens with one attached hydrogen (secondary N) is 1. The molecule has 0 fully saturated rings. The predicted octanol–water partition coefficient (Wildman–Crippen LogP) is 4.42. The van der Waals surface area contributed by atoms with Crippen LogP contribution < -0.4 is 16.6 Å². The molecule has 1 aliphatic rings. The van der Waals surface area contributed by atoms with Crippen LogP contribution in [0.1, 0.15) is 27.2 Å². The zero-order valence-electron chi connectivity index (χ0n) is 17.8. The van der Waals surface area contributed by atoms with Gasteiger partial charge in [-0.15, -0.1) is 11.3 Å². The van der Waals surface area contributed by atoms with Crippen LogP contribution >= 0.6 is 34.7 Å². The van der Waals surface area contributed by atoms with Gasteiger partial charge in [0, 0.05) is 21.2 Å². The number of thiophene rings is 1. The number of aromatic nitrogens is 2. The summed E-state index contributed by atoms with van der Waals surface area (Å²) < 4.78 is 1.56. The Balaban J connectivity index is 1.45. The average Bonchev–Trinajstić information content (AvgIpc) is 3.40. The van der Waals surface area contributed by atoms with Gasteiger partial charge in [-0.2, -0.15) is 0 Å². The predicted molar refractivity (Wildman–Crippen MR) is 137 cm³/mol. The number of carbonyl (C=O) groups excluding carboxylic acids is 2. The molecule has 2 aromatic heterocycles. The molecule has 0 saturated carbocycles. The van der Waals surface area contributed by atoms with Crippen LogP contribution in [0.5, 0.6) is 0 Å². The summed E-state index contributed by atoms with van der Waals surface area (Å²) in [5.41, 5.74) is 7.78. The molecule has 34 heavy (non-hydrogen) atoms. The topological polar surface area (TPSA) is 107 Å². The first-order chi connectivity index (χ1) is 16.4. The fourth-order valence-corrected chi connectivity index (χ4v) is 6.23. The number of hydrogen-bond donors (Lipinski definition) is 2. The van der Waals surface area contributed by atoms with Crippen LogP contribution in [0.25, 0.3) is 15.9 Å². The molecule has 1 aliphatic carbocycles. The van der Waals surface area contributed by atoms with Crippen molar-refractivity contribution in [3.8, 4) is 5.69 Å². The molecule has 172 valence electrons. The Bertz CT molecular complexity index is 1480. The fourth-order valence-electron chi connectivity index (χ4n) is 3.98. The number of primary amides is 1. The van der Waals surface area contributed by atoms with Gasteiger partial charge in [0.05, 0.1) is 16.8 Å². The molecule has 7 nitrogen and oxygen atoms in total. The lowest BCUT2D eigenvalue weighted by Gasteiger charge is -2.13. The van der Waals surface area contributed by atoms with E-state index in [1.165, 1.54) is 16.6 Å². The zero-order valence-corrected chi connectivity index (χ0v) is 20.2. The molecular weight excluding hydrogens is 492 g/mol. The summed E-state index contributed by atoms with van der Waals surface area (Å²) in [4.78, 5) is 44.2. The van der Waals surface area contributed by atoms with E-state index < -0.39 is 5.91 Å². The van der Waals surface area contributed by atoms with Gasteiger partial charge < -0.3 is 11.1 Å². The molecule has 2 amide bonds. The number of carbonyl (C=O) groups is 2. The van der Waals surface area contributed by atoms with Gasteiger partial charge in [0.2, 0.25) is 11.8 Å². The van der Waals surface area contributed by atoms with Crippen molar-refractivity contribution in [2.24, 2.45) is 5.73 Å². The summed E-state index contributed by atoms with van der Waals surface area (Å²) >= 11 is 8.81. The monoisotopic (exact) mass is 510 g/mol. The van der Waals surface area contributed by atoms with Crippen LogP contribution in [0.2, 0.25) is 5.02 Å². The number of thioether (sulfide) groups is 1. The summed E-state index contributed by atoms with van der Waals surface area (Å²) in [6.45, 7) is 0. The third kappa shape index (κ3) is 4.34. The second kappa shape index (κ2) is 9.25. The van der Waals surface area contributed by atoms with Crippen molar-refractivity contribution in [1.29, 1.82) is 0 Å². The van der Waals surface area contributed by atoms with E-state index in [0.717, 1.165) is 24.8 Å². The van der Waals surface area contributed by atoms with Crippen LogP contribution in [0.4, 0.5) is 5.69 Å². The third-order valence-electron chi connectivity index (χ3n) is 5.58. The number of rotatable bonds is 6. The minimum atomic E-state index is -0.533. The van der Waals surface area contributed by atoms with Crippen molar-refractivity contribution >= 4 is 62.4 Å². The number of fused-ring (bicyclic) bond motifs is 3. The molecule has 4 aromatic rings. The highest BCUT2D eigenvalue weighted by Crippen LogP contribution is 2.36. The van der Waals surface area contributed by atoms with E-state index in [9.17, 15) is 14.4 Å². The van der Waals surface area contributed by atoms with Gasteiger partial charge in [-0.3, -0.25) is 19.0 Å². The maximum Gasteiger partial charge on any atom is 0.267 e. The molecule has 10 heteroatoms. The van der Waals surface area contributed by atoms with Crippen molar-refractivity contribution in [1.82, 2.24) is 9.55 Å². The van der Waals surface area contributed by atoms with E-state index in [1.807, 2.05) is 0 Å². The highest BCUT2D eigenvalue weighted by atomic mass is 35.5. The molecule has 0 aliphatic heterocycles. The van der Waals surface area contributed by atoms with Crippen LogP contribution in [0.3, 0.4) is 0 Å². The normalized spacial score (nSPS) is 12.6. The molecule has 0 saturated heterocycles. The van der Waals surface area contributed by atoms with Crippen molar-refractivity contribution < 1.29 is 9.59 Å². The Labute approximate surface area is 208 Å². The quantitative estimate of drug-likeness (QED) is 0.295. The number of nitrogens with two attached hydrogens (primary N) is 1. The molecule has 0 radical (unpaired) electrons. The number of amides is 2. The number of halogens is 1. The van der Waals surface area contributed by atoms with Crippen molar-refractivity contribution in [2.45, 2.75) is 24.4 Å².